The van der Waals surface area contributed by atoms with Crippen LogP contribution in [0.3, 0.4) is 0 Å². The van der Waals surface area contributed by atoms with Crippen molar-refractivity contribution in [2.24, 2.45) is 5.92 Å². The first-order chi connectivity index (χ1) is 9.28. The van der Waals surface area contributed by atoms with Crippen LogP contribution in [-0.2, 0) is 0 Å². The van der Waals surface area contributed by atoms with Crippen LogP contribution in [0.15, 0.2) is 6.07 Å². The minimum atomic E-state index is 0.587. The number of rotatable bonds is 6. The van der Waals surface area contributed by atoms with Crippen LogP contribution in [0.2, 0.25) is 0 Å². The van der Waals surface area contributed by atoms with Crippen LogP contribution >= 0.6 is 0 Å². The molecule has 1 atom stereocenters. The van der Waals surface area contributed by atoms with E-state index < -0.39 is 0 Å². The summed E-state index contributed by atoms with van der Waals surface area (Å²) in [5.41, 5.74) is 0. The SMILES string of the molecule is CCOc1cc(OCCC2CCCNC2)nc(C)n1. The lowest BCUT2D eigenvalue weighted by atomic mass is 9.97. The number of piperidine rings is 1. The number of ether oxygens (including phenoxy) is 2. The van der Waals surface area contributed by atoms with Crippen LogP contribution in [0.4, 0.5) is 0 Å². The normalized spacial score (nSPS) is 19.2. The fraction of sp³-hybridized carbons (Fsp3) is 0.714. The summed E-state index contributed by atoms with van der Waals surface area (Å²) in [5, 5.41) is 3.42. The molecule has 106 valence electrons. The van der Waals surface area contributed by atoms with E-state index in [1.54, 1.807) is 6.07 Å². The second-order valence-electron chi connectivity index (χ2n) is 4.87. The molecule has 0 spiro atoms. The summed E-state index contributed by atoms with van der Waals surface area (Å²) >= 11 is 0. The Morgan fingerprint density at radius 3 is 2.79 bits per heavy atom. The molecule has 5 nitrogen and oxygen atoms in total. The zero-order valence-corrected chi connectivity index (χ0v) is 11.8. The first-order valence-corrected chi connectivity index (χ1v) is 7.10. The molecular weight excluding hydrogens is 242 g/mol. The molecule has 1 aromatic heterocycles. The van der Waals surface area contributed by atoms with Crippen molar-refractivity contribution >= 4 is 0 Å². The van der Waals surface area contributed by atoms with Crippen molar-refractivity contribution in [2.45, 2.75) is 33.1 Å². The standard InChI is InChI=1S/C14H23N3O2/c1-3-18-13-9-14(17-11(2)16-13)19-8-6-12-5-4-7-15-10-12/h9,12,15H,3-8,10H2,1-2H3. The van der Waals surface area contributed by atoms with Crippen LogP contribution in [-0.4, -0.2) is 36.3 Å². The molecular formula is C14H23N3O2. The minimum Gasteiger partial charge on any atom is -0.478 e. The first-order valence-electron chi connectivity index (χ1n) is 7.10. The molecule has 1 aliphatic heterocycles. The fourth-order valence-electron chi connectivity index (χ4n) is 2.31. The molecule has 1 unspecified atom stereocenters. The zero-order valence-electron chi connectivity index (χ0n) is 11.8. The van der Waals surface area contributed by atoms with Gasteiger partial charge in [-0.3, -0.25) is 0 Å². The van der Waals surface area contributed by atoms with Crippen LogP contribution in [0.5, 0.6) is 11.8 Å². The smallest absolute Gasteiger partial charge is 0.220 e. The molecule has 1 aromatic rings. The van der Waals surface area contributed by atoms with Crippen molar-refractivity contribution in [1.82, 2.24) is 15.3 Å². The maximum Gasteiger partial charge on any atom is 0.220 e. The Labute approximate surface area is 114 Å². The molecule has 1 aliphatic rings. The van der Waals surface area contributed by atoms with Gasteiger partial charge in [-0.15, -0.1) is 0 Å². The third-order valence-corrected chi connectivity index (χ3v) is 3.26. The van der Waals surface area contributed by atoms with Crippen LogP contribution in [0, 0.1) is 12.8 Å². The van der Waals surface area contributed by atoms with Crippen LogP contribution in [0.1, 0.15) is 32.0 Å². The van der Waals surface area contributed by atoms with Gasteiger partial charge in [0.15, 0.2) is 0 Å². The second-order valence-corrected chi connectivity index (χ2v) is 4.87. The van der Waals surface area contributed by atoms with Crippen molar-refractivity contribution in [1.29, 1.82) is 0 Å². The number of nitrogens with one attached hydrogen (secondary N) is 1. The number of nitrogens with zero attached hydrogens (tertiary/aromatic N) is 2. The quantitative estimate of drug-likeness (QED) is 0.852. The number of hydrogen-bond donors (Lipinski definition) is 1. The van der Waals surface area contributed by atoms with Crippen molar-refractivity contribution in [2.75, 3.05) is 26.3 Å². The Kier molecular flexibility index (Phi) is 5.39. The summed E-state index contributed by atoms with van der Waals surface area (Å²) in [7, 11) is 0. The lowest BCUT2D eigenvalue weighted by Crippen LogP contribution is -2.30. The van der Waals surface area contributed by atoms with Gasteiger partial charge < -0.3 is 14.8 Å². The molecule has 0 amide bonds. The van der Waals surface area contributed by atoms with Crippen LogP contribution in [0.25, 0.3) is 0 Å². The van der Waals surface area contributed by atoms with Gasteiger partial charge in [0.1, 0.15) is 5.82 Å². The van der Waals surface area contributed by atoms with Crippen molar-refractivity contribution in [3.63, 3.8) is 0 Å². The molecule has 5 heteroatoms. The summed E-state index contributed by atoms with van der Waals surface area (Å²) in [6.45, 7) is 7.35. The third-order valence-electron chi connectivity index (χ3n) is 3.26. The summed E-state index contributed by atoms with van der Waals surface area (Å²) in [5.74, 6) is 2.60. The molecule has 1 fully saturated rings. The highest BCUT2D eigenvalue weighted by atomic mass is 16.5. The van der Waals surface area contributed by atoms with Crippen molar-refractivity contribution < 1.29 is 9.47 Å². The molecule has 2 rings (SSSR count). The van der Waals surface area contributed by atoms with Gasteiger partial charge in [0, 0.05) is 0 Å². The highest BCUT2D eigenvalue weighted by Crippen LogP contribution is 2.18. The largest absolute Gasteiger partial charge is 0.478 e. The lowest BCUT2D eigenvalue weighted by Gasteiger charge is -2.22. The van der Waals surface area contributed by atoms with Crippen LogP contribution < -0.4 is 14.8 Å². The summed E-state index contributed by atoms with van der Waals surface area (Å²) in [6.07, 6.45) is 3.63. The van der Waals surface area contributed by atoms with E-state index >= 15 is 0 Å². The van der Waals surface area contributed by atoms with Crippen molar-refractivity contribution in [3.8, 4) is 11.8 Å². The maximum absolute atomic E-state index is 5.72. The summed E-state index contributed by atoms with van der Waals surface area (Å²) in [6, 6.07) is 1.76. The molecule has 0 aliphatic carbocycles. The van der Waals surface area contributed by atoms with Gasteiger partial charge in [-0.05, 0) is 52.1 Å². The van der Waals surface area contributed by atoms with Gasteiger partial charge in [-0.25, -0.2) is 0 Å². The fourth-order valence-corrected chi connectivity index (χ4v) is 2.31. The average molecular weight is 265 g/mol. The van der Waals surface area contributed by atoms with E-state index in [4.69, 9.17) is 9.47 Å². The molecule has 0 saturated carbocycles. The molecule has 2 heterocycles. The molecule has 0 radical (unpaired) electrons. The van der Waals surface area contributed by atoms with E-state index in [-0.39, 0.29) is 0 Å². The van der Waals surface area contributed by atoms with E-state index in [0.29, 0.717) is 30.8 Å². The predicted octanol–water partition coefficient (Wildman–Crippen LogP) is 1.95. The monoisotopic (exact) mass is 265 g/mol. The van der Waals surface area contributed by atoms with E-state index in [2.05, 4.69) is 15.3 Å². The van der Waals surface area contributed by atoms with E-state index in [0.717, 1.165) is 25.4 Å². The number of aryl methyl sites for hydroxylation is 1. The predicted molar refractivity (Wildman–Crippen MR) is 73.6 cm³/mol. The molecule has 1 N–H and O–H groups in total. The minimum absolute atomic E-state index is 0.587. The number of hydrogen-bond acceptors (Lipinski definition) is 5. The van der Waals surface area contributed by atoms with Gasteiger partial charge in [0.05, 0.1) is 19.3 Å². The topological polar surface area (TPSA) is 56.3 Å². The molecule has 1 saturated heterocycles. The first kappa shape index (κ1) is 14.1. The van der Waals surface area contributed by atoms with Gasteiger partial charge in [0.2, 0.25) is 11.8 Å². The number of aromatic nitrogens is 2. The second kappa shape index (κ2) is 7.28. The van der Waals surface area contributed by atoms with Gasteiger partial charge in [0.25, 0.3) is 0 Å². The Bertz CT molecular complexity index is 392. The van der Waals surface area contributed by atoms with Gasteiger partial charge >= 0.3 is 0 Å². The Morgan fingerprint density at radius 1 is 1.32 bits per heavy atom. The maximum atomic E-state index is 5.72. The summed E-state index contributed by atoms with van der Waals surface area (Å²) in [4.78, 5) is 8.47. The van der Waals surface area contributed by atoms with Gasteiger partial charge in [-0.2, -0.15) is 9.97 Å². The summed E-state index contributed by atoms with van der Waals surface area (Å²) < 4.78 is 11.1. The zero-order chi connectivity index (χ0) is 13.5. The van der Waals surface area contributed by atoms with E-state index in [9.17, 15) is 0 Å². The average Bonchev–Trinajstić information content (AvgIpc) is 2.40. The Morgan fingerprint density at radius 2 is 2.11 bits per heavy atom. The van der Waals surface area contributed by atoms with E-state index in [1.807, 2.05) is 13.8 Å². The third kappa shape index (κ3) is 4.67. The molecule has 0 bridgehead atoms. The highest BCUT2D eigenvalue weighted by Gasteiger charge is 2.13. The van der Waals surface area contributed by atoms with Crippen molar-refractivity contribution in [3.05, 3.63) is 11.9 Å². The Hall–Kier alpha value is -1.36. The molecule has 0 aromatic carbocycles. The Balaban J connectivity index is 1.81. The van der Waals surface area contributed by atoms with E-state index in [1.165, 1.54) is 12.8 Å². The molecule has 19 heavy (non-hydrogen) atoms. The lowest BCUT2D eigenvalue weighted by molar-refractivity contribution is 0.244. The highest BCUT2D eigenvalue weighted by molar-refractivity contribution is 5.20. The van der Waals surface area contributed by atoms with Gasteiger partial charge in [-0.1, -0.05) is 0 Å².